The van der Waals surface area contributed by atoms with Gasteiger partial charge in [-0.05, 0) is 32.2 Å². The summed E-state index contributed by atoms with van der Waals surface area (Å²) in [5, 5.41) is 7.86. The number of nitrogens with zero attached hydrogens (tertiary/aromatic N) is 5. The van der Waals surface area contributed by atoms with E-state index in [2.05, 4.69) is 29.2 Å². The van der Waals surface area contributed by atoms with Crippen molar-refractivity contribution in [3.63, 3.8) is 0 Å². The lowest BCUT2D eigenvalue weighted by atomic mass is 9.97. The van der Waals surface area contributed by atoms with E-state index < -0.39 is 0 Å². The summed E-state index contributed by atoms with van der Waals surface area (Å²) in [5.74, 6) is 1.76. The van der Waals surface area contributed by atoms with Crippen molar-refractivity contribution in [1.29, 1.82) is 0 Å². The van der Waals surface area contributed by atoms with Crippen molar-refractivity contribution in [1.82, 2.24) is 24.2 Å². The lowest BCUT2D eigenvalue weighted by molar-refractivity contribution is 0.194. The van der Waals surface area contributed by atoms with Gasteiger partial charge in [0.2, 0.25) is 0 Å². The summed E-state index contributed by atoms with van der Waals surface area (Å²) in [7, 11) is 1.74. The van der Waals surface area contributed by atoms with Gasteiger partial charge in [-0.25, -0.2) is 14.5 Å². The van der Waals surface area contributed by atoms with Crippen molar-refractivity contribution >= 4 is 11.3 Å². The van der Waals surface area contributed by atoms with E-state index in [0.29, 0.717) is 18.4 Å². The average molecular weight is 350 g/mol. The Labute approximate surface area is 147 Å². The number of thiazole rings is 1. The first-order valence-corrected chi connectivity index (χ1v) is 9.68. The zero-order chi connectivity index (χ0) is 17.3. The van der Waals surface area contributed by atoms with Crippen LogP contribution in [0.2, 0.25) is 0 Å². The van der Waals surface area contributed by atoms with Crippen LogP contribution in [0.3, 0.4) is 0 Å². The van der Waals surface area contributed by atoms with E-state index >= 15 is 0 Å². The van der Waals surface area contributed by atoms with Gasteiger partial charge < -0.3 is 0 Å². The molecule has 1 saturated heterocycles. The van der Waals surface area contributed by atoms with Gasteiger partial charge in [-0.1, -0.05) is 13.8 Å². The van der Waals surface area contributed by atoms with Gasteiger partial charge in [-0.3, -0.25) is 9.47 Å². The van der Waals surface area contributed by atoms with Gasteiger partial charge in [0.15, 0.2) is 0 Å². The maximum absolute atomic E-state index is 12.1. The number of likely N-dealkylation sites (tertiary alicyclic amines) is 1. The molecule has 0 radical (unpaired) electrons. The maximum Gasteiger partial charge on any atom is 0.345 e. The fourth-order valence-corrected chi connectivity index (χ4v) is 4.38. The van der Waals surface area contributed by atoms with Gasteiger partial charge in [0.25, 0.3) is 0 Å². The molecule has 6 nitrogen and oxygen atoms in total. The SMILES string of the molecule is CCn1c(C2CCCN(Cc3nc(C(C)C)cs3)C2)nn(C)c1=O. The highest BCUT2D eigenvalue weighted by Crippen LogP contribution is 2.27. The molecule has 132 valence electrons. The molecule has 7 heteroatoms. The van der Waals surface area contributed by atoms with Gasteiger partial charge in [0.1, 0.15) is 10.8 Å². The van der Waals surface area contributed by atoms with Crippen LogP contribution in [0.5, 0.6) is 0 Å². The third-order valence-electron chi connectivity index (χ3n) is 4.74. The molecule has 2 aromatic rings. The van der Waals surface area contributed by atoms with Crippen LogP contribution < -0.4 is 5.69 Å². The minimum absolute atomic E-state index is 0.00822. The van der Waals surface area contributed by atoms with Crippen molar-refractivity contribution in [2.45, 2.75) is 58.5 Å². The molecular formula is C17H27N5OS. The number of rotatable bonds is 5. The van der Waals surface area contributed by atoms with Crippen LogP contribution in [0.25, 0.3) is 0 Å². The van der Waals surface area contributed by atoms with E-state index in [-0.39, 0.29) is 5.69 Å². The van der Waals surface area contributed by atoms with Gasteiger partial charge in [0, 0.05) is 31.4 Å². The summed E-state index contributed by atoms with van der Waals surface area (Å²) in [6, 6.07) is 0. The highest BCUT2D eigenvalue weighted by atomic mass is 32.1. The first-order chi connectivity index (χ1) is 11.5. The van der Waals surface area contributed by atoms with Crippen LogP contribution in [0.4, 0.5) is 0 Å². The van der Waals surface area contributed by atoms with Crippen molar-refractivity contribution in [3.05, 3.63) is 32.4 Å². The predicted octanol–water partition coefficient (Wildman–Crippen LogP) is 2.56. The first-order valence-electron chi connectivity index (χ1n) is 8.80. The Morgan fingerprint density at radius 3 is 2.88 bits per heavy atom. The third kappa shape index (κ3) is 3.47. The van der Waals surface area contributed by atoms with E-state index in [1.165, 1.54) is 15.4 Å². The summed E-state index contributed by atoms with van der Waals surface area (Å²) in [4.78, 5) is 19.4. The van der Waals surface area contributed by atoms with Gasteiger partial charge in [-0.2, -0.15) is 5.10 Å². The minimum Gasteiger partial charge on any atom is -0.296 e. The molecule has 1 unspecified atom stereocenters. The van der Waals surface area contributed by atoms with Crippen molar-refractivity contribution < 1.29 is 0 Å². The van der Waals surface area contributed by atoms with E-state index in [4.69, 9.17) is 4.98 Å². The minimum atomic E-state index is -0.00822. The number of piperidine rings is 1. The van der Waals surface area contributed by atoms with E-state index in [0.717, 1.165) is 38.3 Å². The van der Waals surface area contributed by atoms with E-state index in [9.17, 15) is 4.79 Å². The quantitative estimate of drug-likeness (QED) is 0.832. The van der Waals surface area contributed by atoms with Crippen LogP contribution in [0.1, 0.15) is 62.0 Å². The summed E-state index contributed by atoms with van der Waals surface area (Å²) in [6.45, 7) is 10.0. The van der Waals surface area contributed by atoms with Crippen LogP contribution in [-0.2, 0) is 20.1 Å². The Morgan fingerprint density at radius 1 is 1.42 bits per heavy atom. The Bertz CT molecular complexity index is 744. The molecule has 0 saturated carbocycles. The monoisotopic (exact) mass is 349 g/mol. The van der Waals surface area contributed by atoms with E-state index in [1.54, 1.807) is 18.4 Å². The lowest BCUT2D eigenvalue weighted by Crippen LogP contribution is -2.35. The molecule has 0 aliphatic carbocycles. The topological polar surface area (TPSA) is 56.0 Å². The van der Waals surface area contributed by atoms with Crippen molar-refractivity contribution in [3.8, 4) is 0 Å². The van der Waals surface area contributed by atoms with Crippen molar-refractivity contribution in [2.75, 3.05) is 13.1 Å². The third-order valence-corrected chi connectivity index (χ3v) is 5.60. The summed E-state index contributed by atoms with van der Waals surface area (Å²) in [6.07, 6.45) is 2.24. The van der Waals surface area contributed by atoms with Gasteiger partial charge in [-0.15, -0.1) is 11.3 Å². The Kier molecular flexibility index (Phi) is 5.20. The van der Waals surface area contributed by atoms with Gasteiger partial charge >= 0.3 is 5.69 Å². The van der Waals surface area contributed by atoms with Crippen LogP contribution >= 0.6 is 11.3 Å². The van der Waals surface area contributed by atoms with Crippen molar-refractivity contribution in [2.24, 2.45) is 7.05 Å². The smallest absolute Gasteiger partial charge is 0.296 e. The zero-order valence-electron chi connectivity index (χ0n) is 15.0. The standard InChI is InChI=1S/C17H27N5OS/c1-5-22-16(19-20(4)17(22)23)13-7-6-8-21(9-13)10-15-18-14(11-24-15)12(2)3/h11-13H,5-10H2,1-4H3. The molecule has 0 amide bonds. The normalized spacial score (nSPS) is 19.3. The van der Waals surface area contributed by atoms with Crippen LogP contribution in [-0.4, -0.2) is 37.3 Å². The number of hydrogen-bond acceptors (Lipinski definition) is 5. The lowest BCUT2D eigenvalue weighted by Gasteiger charge is -2.31. The van der Waals surface area contributed by atoms with E-state index in [1.807, 2.05) is 11.5 Å². The Hall–Kier alpha value is -1.47. The molecular weight excluding hydrogens is 322 g/mol. The number of aromatic nitrogens is 4. The summed E-state index contributed by atoms with van der Waals surface area (Å²) >= 11 is 1.76. The molecule has 1 aliphatic heterocycles. The number of aryl methyl sites for hydroxylation is 1. The molecule has 0 aromatic carbocycles. The highest BCUT2D eigenvalue weighted by Gasteiger charge is 2.27. The molecule has 0 bridgehead atoms. The highest BCUT2D eigenvalue weighted by molar-refractivity contribution is 7.09. The molecule has 1 fully saturated rings. The summed E-state index contributed by atoms with van der Waals surface area (Å²) < 4.78 is 3.28. The first kappa shape index (κ1) is 17.4. The van der Waals surface area contributed by atoms with Gasteiger partial charge in [0.05, 0.1) is 12.2 Å². The molecule has 3 heterocycles. The molecule has 1 atom stereocenters. The van der Waals surface area contributed by atoms with Crippen LogP contribution in [0, 0.1) is 0 Å². The molecule has 0 spiro atoms. The fraction of sp³-hybridized carbons (Fsp3) is 0.706. The average Bonchev–Trinajstić information content (AvgIpc) is 3.13. The molecule has 0 N–H and O–H groups in total. The Balaban J connectivity index is 1.72. The zero-order valence-corrected chi connectivity index (χ0v) is 15.8. The second kappa shape index (κ2) is 7.19. The largest absolute Gasteiger partial charge is 0.345 e. The number of hydrogen-bond donors (Lipinski definition) is 0. The fourth-order valence-electron chi connectivity index (χ4n) is 3.39. The maximum atomic E-state index is 12.1. The molecule has 24 heavy (non-hydrogen) atoms. The second-order valence-electron chi connectivity index (χ2n) is 6.90. The predicted molar refractivity (Wildman–Crippen MR) is 96.6 cm³/mol. The van der Waals surface area contributed by atoms with Crippen LogP contribution in [0.15, 0.2) is 10.2 Å². The molecule has 3 rings (SSSR count). The Morgan fingerprint density at radius 2 is 2.21 bits per heavy atom. The molecule has 1 aliphatic rings. The summed E-state index contributed by atoms with van der Waals surface area (Å²) in [5.41, 5.74) is 1.18. The molecule has 2 aromatic heterocycles. The second-order valence-corrected chi connectivity index (χ2v) is 7.85.